The van der Waals surface area contributed by atoms with E-state index < -0.39 is 11.5 Å². The topological polar surface area (TPSA) is 79.8 Å². The first-order valence-electron chi connectivity index (χ1n) is 7.30. The number of carbonyl (C=O) groups is 1. The zero-order valence-corrected chi connectivity index (χ0v) is 13.7. The Morgan fingerprint density at radius 1 is 1.29 bits per heavy atom. The standard InChI is InChI=1S/C17H15ClN4O2/c1-11-6-7-13(15(23)20-11)16(24)21-17-19-8-9-22(17)10-12-4-2-3-5-14(12)18/h2-9H,10H2,1H3,(H,20,23)(H,19,21,24). The molecule has 3 rings (SSSR count). The number of carbonyl (C=O) groups excluding carboxylic acids is 1. The molecule has 2 heterocycles. The Morgan fingerprint density at radius 3 is 2.83 bits per heavy atom. The largest absolute Gasteiger partial charge is 0.326 e. The lowest BCUT2D eigenvalue weighted by Gasteiger charge is -2.10. The molecule has 6 nitrogen and oxygen atoms in total. The minimum Gasteiger partial charge on any atom is -0.326 e. The third-order valence-corrected chi connectivity index (χ3v) is 3.91. The average molecular weight is 343 g/mol. The Balaban J connectivity index is 1.82. The van der Waals surface area contributed by atoms with Gasteiger partial charge in [0.1, 0.15) is 5.56 Å². The third kappa shape index (κ3) is 3.38. The van der Waals surface area contributed by atoms with Gasteiger partial charge in [-0.1, -0.05) is 29.8 Å². The van der Waals surface area contributed by atoms with E-state index in [-0.39, 0.29) is 5.56 Å². The Kier molecular flexibility index (Phi) is 4.48. The lowest BCUT2D eigenvalue weighted by molar-refractivity contribution is 0.102. The molecule has 2 N–H and O–H groups in total. The Hall–Kier alpha value is -2.86. The molecule has 0 atom stereocenters. The van der Waals surface area contributed by atoms with E-state index in [1.54, 1.807) is 36.0 Å². The minimum atomic E-state index is -0.511. The van der Waals surface area contributed by atoms with Gasteiger partial charge in [-0.2, -0.15) is 0 Å². The number of halogens is 1. The predicted octanol–water partition coefficient (Wildman–Crippen LogP) is 2.83. The number of H-pyrrole nitrogens is 1. The number of hydrogen-bond donors (Lipinski definition) is 2. The summed E-state index contributed by atoms with van der Waals surface area (Å²) in [7, 11) is 0. The number of amides is 1. The van der Waals surface area contributed by atoms with Crippen LogP contribution in [0, 0.1) is 6.92 Å². The number of pyridine rings is 1. The summed E-state index contributed by atoms with van der Waals surface area (Å²) in [5.74, 6) is -0.164. The zero-order valence-electron chi connectivity index (χ0n) is 12.9. The monoisotopic (exact) mass is 342 g/mol. The summed E-state index contributed by atoms with van der Waals surface area (Å²) in [5.41, 5.74) is 1.20. The van der Waals surface area contributed by atoms with Crippen molar-refractivity contribution < 1.29 is 4.79 Å². The van der Waals surface area contributed by atoms with Crippen LogP contribution in [0.2, 0.25) is 5.02 Å². The molecular formula is C17H15ClN4O2. The molecule has 24 heavy (non-hydrogen) atoms. The van der Waals surface area contributed by atoms with E-state index >= 15 is 0 Å². The Bertz CT molecular complexity index is 946. The highest BCUT2D eigenvalue weighted by Crippen LogP contribution is 2.18. The second-order valence-electron chi connectivity index (χ2n) is 5.31. The average Bonchev–Trinajstić information content (AvgIpc) is 2.96. The SMILES string of the molecule is Cc1ccc(C(=O)Nc2nccn2Cc2ccccc2Cl)c(=O)[nH]1. The smallest absolute Gasteiger partial charge is 0.263 e. The van der Waals surface area contributed by atoms with E-state index in [2.05, 4.69) is 15.3 Å². The van der Waals surface area contributed by atoms with Crippen LogP contribution in [-0.2, 0) is 6.54 Å². The summed E-state index contributed by atoms with van der Waals surface area (Å²) in [6.45, 7) is 2.21. The van der Waals surface area contributed by atoms with Crippen LogP contribution in [0.15, 0.2) is 53.6 Å². The third-order valence-electron chi connectivity index (χ3n) is 3.54. The summed E-state index contributed by atoms with van der Waals surface area (Å²) in [5, 5.41) is 3.29. The van der Waals surface area contributed by atoms with Gasteiger partial charge in [-0.3, -0.25) is 14.9 Å². The maximum atomic E-state index is 12.3. The second-order valence-corrected chi connectivity index (χ2v) is 5.72. The highest BCUT2D eigenvalue weighted by molar-refractivity contribution is 6.31. The van der Waals surface area contributed by atoms with Crippen molar-refractivity contribution in [2.24, 2.45) is 0 Å². The zero-order chi connectivity index (χ0) is 17.1. The second kappa shape index (κ2) is 6.72. The minimum absolute atomic E-state index is 0.0351. The summed E-state index contributed by atoms with van der Waals surface area (Å²) < 4.78 is 1.75. The van der Waals surface area contributed by atoms with Gasteiger partial charge in [0.05, 0.1) is 6.54 Å². The number of anilines is 1. The number of aromatic nitrogens is 3. The van der Waals surface area contributed by atoms with Crippen LogP contribution in [0.4, 0.5) is 5.95 Å². The van der Waals surface area contributed by atoms with Gasteiger partial charge in [-0.15, -0.1) is 0 Å². The molecule has 1 amide bonds. The molecule has 122 valence electrons. The van der Waals surface area contributed by atoms with E-state index in [1.807, 2.05) is 18.2 Å². The van der Waals surface area contributed by atoms with E-state index in [9.17, 15) is 9.59 Å². The van der Waals surface area contributed by atoms with Gasteiger partial charge >= 0.3 is 0 Å². The molecule has 3 aromatic rings. The first-order valence-corrected chi connectivity index (χ1v) is 7.68. The highest BCUT2D eigenvalue weighted by atomic mass is 35.5. The first kappa shape index (κ1) is 16.0. The lowest BCUT2D eigenvalue weighted by Crippen LogP contribution is -2.24. The van der Waals surface area contributed by atoms with Crippen LogP contribution in [-0.4, -0.2) is 20.4 Å². The summed E-state index contributed by atoms with van der Waals surface area (Å²) in [6, 6.07) is 10.6. The Labute approximate surface area is 143 Å². The van der Waals surface area contributed by atoms with Gasteiger partial charge in [0.15, 0.2) is 0 Å². The van der Waals surface area contributed by atoms with Crippen LogP contribution in [0.1, 0.15) is 21.6 Å². The number of nitrogens with one attached hydrogen (secondary N) is 2. The number of imidazole rings is 1. The summed E-state index contributed by atoms with van der Waals surface area (Å²) >= 11 is 6.16. The fraction of sp³-hybridized carbons (Fsp3) is 0.118. The molecule has 0 radical (unpaired) electrons. The van der Waals surface area contributed by atoms with Crippen LogP contribution in [0.3, 0.4) is 0 Å². The number of hydrogen-bond acceptors (Lipinski definition) is 3. The Morgan fingerprint density at radius 2 is 2.08 bits per heavy atom. The molecule has 0 saturated carbocycles. The fourth-order valence-corrected chi connectivity index (χ4v) is 2.49. The van der Waals surface area contributed by atoms with Crippen LogP contribution in [0.5, 0.6) is 0 Å². The van der Waals surface area contributed by atoms with E-state index in [0.717, 1.165) is 5.56 Å². The molecule has 2 aromatic heterocycles. The molecule has 7 heteroatoms. The van der Waals surface area contributed by atoms with Gasteiger partial charge in [-0.25, -0.2) is 4.98 Å². The highest BCUT2D eigenvalue weighted by Gasteiger charge is 2.14. The number of aromatic amines is 1. The van der Waals surface area contributed by atoms with E-state index in [4.69, 9.17) is 11.6 Å². The predicted molar refractivity (Wildman–Crippen MR) is 92.5 cm³/mol. The van der Waals surface area contributed by atoms with Crippen LogP contribution in [0.25, 0.3) is 0 Å². The molecule has 0 saturated heterocycles. The number of benzene rings is 1. The number of rotatable bonds is 4. The quantitative estimate of drug-likeness (QED) is 0.765. The first-order chi connectivity index (χ1) is 11.5. The molecule has 0 aliphatic rings. The van der Waals surface area contributed by atoms with Crippen molar-refractivity contribution in [1.82, 2.24) is 14.5 Å². The fourth-order valence-electron chi connectivity index (χ4n) is 2.29. The number of nitrogens with zero attached hydrogens (tertiary/aromatic N) is 2. The molecule has 0 spiro atoms. The van der Waals surface area contributed by atoms with Crippen molar-refractivity contribution in [3.63, 3.8) is 0 Å². The van der Waals surface area contributed by atoms with Crippen molar-refractivity contribution in [3.05, 3.63) is 81.0 Å². The van der Waals surface area contributed by atoms with E-state index in [1.165, 1.54) is 6.07 Å². The van der Waals surface area contributed by atoms with Gasteiger partial charge in [-0.05, 0) is 30.7 Å². The van der Waals surface area contributed by atoms with Gasteiger partial charge in [0.25, 0.3) is 11.5 Å². The maximum absolute atomic E-state index is 12.3. The van der Waals surface area contributed by atoms with Crippen molar-refractivity contribution in [3.8, 4) is 0 Å². The van der Waals surface area contributed by atoms with Gasteiger partial charge in [0, 0.05) is 23.1 Å². The molecule has 0 fully saturated rings. The molecule has 0 aliphatic heterocycles. The molecule has 1 aromatic carbocycles. The summed E-state index contributed by atoms with van der Waals surface area (Å²) in [4.78, 5) is 30.9. The molecule has 0 unspecified atom stereocenters. The molecule has 0 bridgehead atoms. The van der Waals surface area contributed by atoms with Crippen molar-refractivity contribution in [2.45, 2.75) is 13.5 Å². The van der Waals surface area contributed by atoms with Gasteiger partial charge < -0.3 is 9.55 Å². The van der Waals surface area contributed by atoms with Crippen molar-refractivity contribution in [1.29, 1.82) is 0 Å². The molecular weight excluding hydrogens is 328 g/mol. The van der Waals surface area contributed by atoms with Crippen molar-refractivity contribution in [2.75, 3.05) is 5.32 Å². The maximum Gasteiger partial charge on any atom is 0.263 e. The lowest BCUT2D eigenvalue weighted by atomic mass is 10.2. The van der Waals surface area contributed by atoms with Crippen LogP contribution >= 0.6 is 11.6 Å². The normalized spacial score (nSPS) is 10.6. The number of aryl methyl sites for hydroxylation is 1. The van der Waals surface area contributed by atoms with Crippen LogP contribution < -0.4 is 10.9 Å². The van der Waals surface area contributed by atoms with Crippen molar-refractivity contribution >= 4 is 23.5 Å². The molecule has 0 aliphatic carbocycles. The van der Waals surface area contributed by atoms with E-state index in [0.29, 0.717) is 23.2 Å². The summed E-state index contributed by atoms with van der Waals surface area (Å²) in [6.07, 6.45) is 3.31. The van der Waals surface area contributed by atoms with Gasteiger partial charge in [0.2, 0.25) is 5.95 Å².